The van der Waals surface area contributed by atoms with Gasteiger partial charge in [0, 0.05) is 12.2 Å². The van der Waals surface area contributed by atoms with Crippen molar-refractivity contribution in [2.45, 2.75) is 13.0 Å². The van der Waals surface area contributed by atoms with Gasteiger partial charge in [-0.1, -0.05) is 42.5 Å². The number of nitrogen functional groups attached to an aromatic ring is 1. The number of hydrogen-bond acceptors (Lipinski definition) is 2. The summed E-state index contributed by atoms with van der Waals surface area (Å²) in [5, 5.41) is 0. The fourth-order valence-electron chi connectivity index (χ4n) is 2.13. The Morgan fingerprint density at radius 2 is 1.39 bits per heavy atom. The molecule has 0 aromatic heterocycles. The number of para-hydroxylation sites is 1. The van der Waals surface area contributed by atoms with Crippen LogP contribution in [0.2, 0.25) is 0 Å². The Hall–Kier alpha value is -1.80. The normalized spacial score (nSPS) is 10.8. The third-order valence-corrected chi connectivity index (χ3v) is 3.04. The van der Waals surface area contributed by atoms with E-state index in [4.69, 9.17) is 5.73 Å². The van der Waals surface area contributed by atoms with Crippen LogP contribution >= 0.6 is 0 Å². The number of rotatable bonds is 4. The van der Waals surface area contributed by atoms with Gasteiger partial charge in [0.25, 0.3) is 0 Å². The van der Waals surface area contributed by atoms with Gasteiger partial charge in [-0.05, 0) is 43.3 Å². The Bertz CT molecular complexity index is 518. The van der Waals surface area contributed by atoms with Gasteiger partial charge in [-0.3, -0.25) is 0 Å². The van der Waals surface area contributed by atoms with Crippen LogP contribution in [-0.2, 0) is 13.0 Å². The molecule has 0 fully saturated rings. The van der Waals surface area contributed by atoms with Crippen LogP contribution in [0.4, 0.5) is 5.69 Å². The minimum Gasteiger partial charge on any atom is -0.398 e. The molecule has 0 amide bonds. The maximum absolute atomic E-state index is 6.01. The summed E-state index contributed by atoms with van der Waals surface area (Å²) in [7, 11) is 4.18. The summed E-state index contributed by atoms with van der Waals surface area (Å²) in [5.74, 6) is 0. The molecule has 0 saturated heterocycles. The summed E-state index contributed by atoms with van der Waals surface area (Å²) < 4.78 is 0. The van der Waals surface area contributed by atoms with Crippen molar-refractivity contribution in [1.82, 2.24) is 4.90 Å². The first-order chi connectivity index (χ1) is 8.66. The fourth-order valence-corrected chi connectivity index (χ4v) is 2.13. The average Bonchev–Trinajstić information content (AvgIpc) is 2.34. The van der Waals surface area contributed by atoms with Crippen LogP contribution in [0.25, 0.3) is 0 Å². The Morgan fingerprint density at radius 3 is 2.00 bits per heavy atom. The van der Waals surface area contributed by atoms with Gasteiger partial charge < -0.3 is 10.6 Å². The second kappa shape index (κ2) is 5.69. The summed E-state index contributed by atoms with van der Waals surface area (Å²) in [6, 6.07) is 16.6. The molecule has 0 saturated carbocycles. The lowest BCUT2D eigenvalue weighted by molar-refractivity contribution is 0.401. The maximum Gasteiger partial charge on any atom is 0.0349 e. The molecule has 18 heavy (non-hydrogen) atoms. The van der Waals surface area contributed by atoms with E-state index in [2.05, 4.69) is 49.3 Å². The summed E-state index contributed by atoms with van der Waals surface area (Å²) in [6.45, 7) is 0.961. The van der Waals surface area contributed by atoms with Gasteiger partial charge in [0.1, 0.15) is 0 Å². The number of nitrogens with zero attached hydrogens (tertiary/aromatic N) is 1. The van der Waals surface area contributed by atoms with Gasteiger partial charge in [0.05, 0.1) is 0 Å². The lowest BCUT2D eigenvalue weighted by Gasteiger charge is -2.14. The zero-order valence-electron chi connectivity index (χ0n) is 11.1. The van der Waals surface area contributed by atoms with E-state index in [-0.39, 0.29) is 0 Å². The Kier molecular flexibility index (Phi) is 4.00. The summed E-state index contributed by atoms with van der Waals surface area (Å²) >= 11 is 0. The molecule has 0 atom stereocenters. The van der Waals surface area contributed by atoms with Gasteiger partial charge >= 0.3 is 0 Å². The fraction of sp³-hybridized carbons (Fsp3) is 0.250. The predicted molar refractivity (Wildman–Crippen MR) is 77.5 cm³/mol. The van der Waals surface area contributed by atoms with E-state index in [9.17, 15) is 0 Å². The van der Waals surface area contributed by atoms with Crippen LogP contribution in [0.5, 0.6) is 0 Å². The van der Waals surface area contributed by atoms with Crippen molar-refractivity contribution in [1.29, 1.82) is 0 Å². The molecule has 0 bridgehead atoms. The Labute approximate surface area is 109 Å². The van der Waals surface area contributed by atoms with E-state index in [1.165, 1.54) is 16.7 Å². The summed E-state index contributed by atoms with van der Waals surface area (Å²) in [4.78, 5) is 2.19. The lowest BCUT2D eigenvalue weighted by atomic mass is 9.98. The van der Waals surface area contributed by atoms with Crippen LogP contribution in [0.3, 0.4) is 0 Å². The predicted octanol–water partition coefficient (Wildman–Crippen LogP) is 2.92. The van der Waals surface area contributed by atoms with E-state index in [0.717, 1.165) is 18.7 Å². The van der Waals surface area contributed by atoms with Crippen molar-refractivity contribution in [2.75, 3.05) is 19.8 Å². The van der Waals surface area contributed by atoms with Crippen molar-refractivity contribution >= 4 is 5.69 Å². The van der Waals surface area contributed by atoms with Gasteiger partial charge in [-0.2, -0.15) is 0 Å². The van der Waals surface area contributed by atoms with Crippen LogP contribution in [0.15, 0.2) is 48.5 Å². The molecular weight excluding hydrogens is 220 g/mol. The van der Waals surface area contributed by atoms with E-state index in [1.54, 1.807) is 0 Å². The van der Waals surface area contributed by atoms with Crippen LogP contribution in [0, 0.1) is 0 Å². The topological polar surface area (TPSA) is 29.3 Å². The first-order valence-corrected chi connectivity index (χ1v) is 6.21. The van der Waals surface area contributed by atoms with E-state index >= 15 is 0 Å². The Morgan fingerprint density at radius 1 is 0.833 bits per heavy atom. The molecule has 0 unspecified atom stereocenters. The molecule has 0 heterocycles. The molecule has 2 aromatic rings. The third-order valence-electron chi connectivity index (χ3n) is 3.04. The van der Waals surface area contributed by atoms with E-state index in [0.29, 0.717) is 0 Å². The first-order valence-electron chi connectivity index (χ1n) is 6.21. The van der Waals surface area contributed by atoms with E-state index < -0.39 is 0 Å². The molecule has 2 N–H and O–H groups in total. The van der Waals surface area contributed by atoms with E-state index in [1.807, 2.05) is 18.2 Å². The second-order valence-electron chi connectivity index (χ2n) is 4.88. The zero-order valence-corrected chi connectivity index (χ0v) is 11.1. The molecule has 94 valence electrons. The second-order valence-corrected chi connectivity index (χ2v) is 4.88. The minimum atomic E-state index is 0.872. The SMILES string of the molecule is CN(C)Cc1ccccc1Cc1ccccc1N. The third kappa shape index (κ3) is 3.11. The van der Waals surface area contributed by atoms with Gasteiger partial charge in [0.2, 0.25) is 0 Å². The first kappa shape index (κ1) is 12.7. The smallest absolute Gasteiger partial charge is 0.0349 e. The number of benzene rings is 2. The van der Waals surface area contributed by atoms with Gasteiger partial charge in [0.15, 0.2) is 0 Å². The Balaban J connectivity index is 2.26. The van der Waals surface area contributed by atoms with Crippen LogP contribution in [0.1, 0.15) is 16.7 Å². The molecule has 0 aliphatic heterocycles. The zero-order chi connectivity index (χ0) is 13.0. The number of nitrogens with two attached hydrogens (primary N) is 1. The van der Waals surface area contributed by atoms with Crippen molar-refractivity contribution in [3.05, 3.63) is 65.2 Å². The monoisotopic (exact) mass is 240 g/mol. The largest absolute Gasteiger partial charge is 0.398 e. The number of hydrogen-bond donors (Lipinski definition) is 1. The van der Waals surface area contributed by atoms with Gasteiger partial charge in [-0.25, -0.2) is 0 Å². The van der Waals surface area contributed by atoms with Crippen molar-refractivity contribution in [3.63, 3.8) is 0 Å². The highest BCUT2D eigenvalue weighted by molar-refractivity contribution is 5.49. The summed E-state index contributed by atoms with van der Waals surface area (Å²) in [6.07, 6.45) is 0.899. The number of anilines is 1. The molecule has 2 rings (SSSR count). The standard InChI is InChI=1S/C16H20N2/c1-18(2)12-15-9-4-3-7-13(15)11-14-8-5-6-10-16(14)17/h3-10H,11-12,17H2,1-2H3. The highest BCUT2D eigenvalue weighted by atomic mass is 15.0. The molecule has 0 aliphatic carbocycles. The molecule has 0 radical (unpaired) electrons. The quantitative estimate of drug-likeness (QED) is 0.833. The highest BCUT2D eigenvalue weighted by Gasteiger charge is 2.05. The van der Waals surface area contributed by atoms with Crippen molar-refractivity contribution in [2.24, 2.45) is 0 Å². The van der Waals surface area contributed by atoms with Crippen molar-refractivity contribution < 1.29 is 0 Å². The highest BCUT2D eigenvalue weighted by Crippen LogP contribution is 2.19. The molecule has 0 aliphatic rings. The molecule has 0 spiro atoms. The molecular formula is C16H20N2. The van der Waals surface area contributed by atoms with Crippen LogP contribution in [-0.4, -0.2) is 19.0 Å². The van der Waals surface area contributed by atoms with Gasteiger partial charge in [-0.15, -0.1) is 0 Å². The maximum atomic E-state index is 6.01. The molecule has 2 aromatic carbocycles. The minimum absolute atomic E-state index is 0.872. The lowest BCUT2D eigenvalue weighted by Crippen LogP contribution is -2.12. The average molecular weight is 240 g/mol. The van der Waals surface area contributed by atoms with Crippen molar-refractivity contribution in [3.8, 4) is 0 Å². The summed E-state index contributed by atoms with van der Waals surface area (Å²) in [5.41, 5.74) is 10.8. The van der Waals surface area contributed by atoms with Crippen LogP contribution < -0.4 is 5.73 Å². The molecule has 2 heteroatoms. The molecule has 2 nitrogen and oxygen atoms in total.